The van der Waals surface area contributed by atoms with E-state index in [0.29, 0.717) is 11.4 Å². The first-order valence-electron chi connectivity index (χ1n) is 8.06. The molecule has 0 spiro atoms. The standard InChI is InChI=1S/C16H18F3N7/c1-9-12(7-26(25-9)15(2,3)8-20)23-14-21-6-11(16(17,18)19)13(24-14)22-10-4-5-10/h6-7,10H,4-5H2,1-3H3,(H2,21,22,23,24). The number of rotatable bonds is 5. The molecule has 2 N–H and O–H groups in total. The Hall–Kier alpha value is -2.83. The third-order valence-electron chi connectivity index (χ3n) is 4.00. The number of halogens is 3. The Morgan fingerprint density at radius 2 is 2.00 bits per heavy atom. The van der Waals surface area contributed by atoms with E-state index in [4.69, 9.17) is 0 Å². The first kappa shape index (κ1) is 18.0. The van der Waals surface area contributed by atoms with Gasteiger partial charge in [-0.25, -0.2) is 4.98 Å². The van der Waals surface area contributed by atoms with Gasteiger partial charge in [0.25, 0.3) is 0 Å². The highest BCUT2D eigenvalue weighted by atomic mass is 19.4. The number of aromatic nitrogens is 4. The molecule has 1 aliphatic rings. The van der Waals surface area contributed by atoms with Crippen LogP contribution in [0.15, 0.2) is 12.4 Å². The Kier molecular flexibility index (Phi) is 4.26. The van der Waals surface area contributed by atoms with Crippen LogP contribution in [0.5, 0.6) is 0 Å². The largest absolute Gasteiger partial charge is 0.421 e. The molecule has 2 aromatic heterocycles. The minimum atomic E-state index is -4.53. The van der Waals surface area contributed by atoms with Gasteiger partial charge in [-0.3, -0.25) is 4.68 Å². The minimum Gasteiger partial charge on any atom is -0.367 e. The Labute approximate surface area is 148 Å². The average molecular weight is 365 g/mol. The fourth-order valence-corrected chi connectivity index (χ4v) is 2.22. The van der Waals surface area contributed by atoms with Crippen LogP contribution in [0.3, 0.4) is 0 Å². The zero-order valence-corrected chi connectivity index (χ0v) is 14.5. The van der Waals surface area contributed by atoms with Crippen molar-refractivity contribution in [3.8, 4) is 6.07 Å². The fourth-order valence-electron chi connectivity index (χ4n) is 2.22. The molecule has 0 aliphatic heterocycles. The molecule has 0 bridgehead atoms. The molecule has 2 heterocycles. The quantitative estimate of drug-likeness (QED) is 0.842. The van der Waals surface area contributed by atoms with Gasteiger partial charge in [0.2, 0.25) is 5.95 Å². The highest BCUT2D eigenvalue weighted by molar-refractivity contribution is 5.58. The van der Waals surface area contributed by atoms with Gasteiger partial charge in [0, 0.05) is 12.2 Å². The lowest BCUT2D eigenvalue weighted by molar-refractivity contribution is -0.137. The van der Waals surface area contributed by atoms with Crippen molar-refractivity contribution >= 4 is 17.5 Å². The van der Waals surface area contributed by atoms with E-state index in [1.807, 2.05) is 0 Å². The van der Waals surface area contributed by atoms with Crippen LogP contribution < -0.4 is 10.6 Å². The number of aryl methyl sites for hydroxylation is 1. The molecule has 26 heavy (non-hydrogen) atoms. The summed E-state index contributed by atoms with van der Waals surface area (Å²) < 4.78 is 40.9. The number of nitriles is 1. The van der Waals surface area contributed by atoms with Crippen LogP contribution in [0.25, 0.3) is 0 Å². The summed E-state index contributed by atoms with van der Waals surface area (Å²) in [5, 5.41) is 19.1. The van der Waals surface area contributed by atoms with Crippen LogP contribution in [0.4, 0.5) is 30.6 Å². The Bertz CT molecular complexity index is 860. The second-order valence-corrected chi connectivity index (χ2v) is 6.74. The van der Waals surface area contributed by atoms with Crippen molar-refractivity contribution in [2.75, 3.05) is 10.6 Å². The van der Waals surface area contributed by atoms with Gasteiger partial charge in [-0.05, 0) is 33.6 Å². The lowest BCUT2D eigenvalue weighted by Crippen LogP contribution is -2.24. The molecular weight excluding hydrogens is 347 g/mol. The first-order chi connectivity index (χ1) is 12.1. The van der Waals surface area contributed by atoms with E-state index >= 15 is 0 Å². The second kappa shape index (κ2) is 6.16. The van der Waals surface area contributed by atoms with Crippen molar-refractivity contribution < 1.29 is 13.2 Å². The molecule has 1 aliphatic carbocycles. The molecular formula is C16H18F3N7. The third kappa shape index (κ3) is 3.71. The van der Waals surface area contributed by atoms with Crippen molar-refractivity contribution in [2.24, 2.45) is 0 Å². The van der Waals surface area contributed by atoms with Crippen molar-refractivity contribution in [2.45, 2.75) is 51.4 Å². The maximum absolute atomic E-state index is 13.1. The monoisotopic (exact) mass is 365 g/mol. The summed E-state index contributed by atoms with van der Waals surface area (Å²) in [6, 6.07) is 2.14. The zero-order valence-electron chi connectivity index (χ0n) is 14.5. The summed E-state index contributed by atoms with van der Waals surface area (Å²) in [4.78, 5) is 7.77. The molecule has 3 rings (SSSR count). The van der Waals surface area contributed by atoms with Gasteiger partial charge < -0.3 is 10.6 Å². The van der Waals surface area contributed by atoms with Crippen molar-refractivity contribution in [3.63, 3.8) is 0 Å². The second-order valence-electron chi connectivity index (χ2n) is 6.74. The van der Waals surface area contributed by atoms with E-state index in [2.05, 4.69) is 31.8 Å². The summed E-state index contributed by atoms with van der Waals surface area (Å²) in [6.45, 7) is 5.13. The van der Waals surface area contributed by atoms with Crippen LogP contribution in [0, 0.1) is 18.3 Å². The predicted octanol–water partition coefficient (Wildman–Crippen LogP) is 3.58. The molecule has 2 aromatic rings. The van der Waals surface area contributed by atoms with Crippen LogP contribution in [-0.4, -0.2) is 25.8 Å². The number of anilines is 3. The summed E-state index contributed by atoms with van der Waals surface area (Å²) in [5.74, 6) is -0.210. The normalized spacial score (nSPS) is 14.8. The van der Waals surface area contributed by atoms with E-state index in [-0.39, 0.29) is 17.8 Å². The van der Waals surface area contributed by atoms with Crippen LogP contribution >= 0.6 is 0 Å². The molecule has 7 nitrogen and oxygen atoms in total. The lowest BCUT2D eigenvalue weighted by Gasteiger charge is -2.15. The summed E-state index contributed by atoms with van der Waals surface area (Å²) >= 11 is 0. The van der Waals surface area contributed by atoms with Crippen molar-refractivity contribution in [1.29, 1.82) is 5.26 Å². The molecule has 10 heteroatoms. The predicted molar refractivity (Wildman–Crippen MR) is 88.9 cm³/mol. The smallest absolute Gasteiger partial charge is 0.367 e. The maximum Gasteiger partial charge on any atom is 0.421 e. The Morgan fingerprint density at radius 3 is 2.58 bits per heavy atom. The van der Waals surface area contributed by atoms with E-state index in [1.54, 1.807) is 27.0 Å². The van der Waals surface area contributed by atoms with Crippen LogP contribution in [-0.2, 0) is 11.7 Å². The topological polar surface area (TPSA) is 91.5 Å². The molecule has 1 fully saturated rings. The van der Waals surface area contributed by atoms with Crippen LogP contribution in [0.1, 0.15) is 37.9 Å². The fraction of sp³-hybridized carbons (Fsp3) is 0.500. The first-order valence-corrected chi connectivity index (χ1v) is 8.06. The van der Waals surface area contributed by atoms with E-state index in [0.717, 1.165) is 19.0 Å². The number of alkyl halides is 3. The Morgan fingerprint density at radius 1 is 1.31 bits per heavy atom. The lowest BCUT2D eigenvalue weighted by atomic mass is 10.1. The zero-order chi connectivity index (χ0) is 19.1. The van der Waals surface area contributed by atoms with E-state index in [9.17, 15) is 18.4 Å². The number of nitrogens with one attached hydrogen (secondary N) is 2. The maximum atomic E-state index is 13.1. The Balaban J connectivity index is 1.90. The highest BCUT2D eigenvalue weighted by Gasteiger charge is 2.37. The molecule has 1 saturated carbocycles. The van der Waals surface area contributed by atoms with Crippen LogP contribution in [0.2, 0.25) is 0 Å². The van der Waals surface area contributed by atoms with Gasteiger partial charge in [0.15, 0.2) is 0 Å². The molecule has 0 atom stereocenters. The molecule has 0 amide bonds. The SMILES string of the molecule is Cc1nn(C(C)(C)C#N)cc1Nc1ncc(C(F)(F)F)c(NC2CC2)n1. The molecule has 0 radical (unpaired) electrons. The van der Waals surface area contributed by atoms with Gasteiger partial charge in [0.05, 0.1) is 23.6 Å². The molecule has 0 aromatic carbocycles. The van der Waals surface area contributed by atoms with E-state index < -0.39 is 17.3 Å². The number of hydrogen-bond acceptors (Lipinski definition) is 6. The molecule has 0 saturated heterocycles. The van der Waals surface area contributed by atoms with Gasteiger partial charge in [0.1, 0.15) is 16.9 Å². The van der Waals surface area contributed by atoms with Gasteiger partial charge in [-0.2, -0.15) is 28.5 Å². The molecule has 0 unspecified atom stereocenters. The third-order valence-corrected chi connectivity index (χ3v) is 4.00. The number of nitrogens with zero attached hydrogens (tertiary/aromatic N) is 5. The van der Waals surface area contributed by atoms with Gasteiger partial charge in [-0.15, -0.1) is 0 Å². The minimum absolute atomic E-state index is 0.0137. The summed E-state index contributed by atoms with van der Waals surface area (Å²) in [6.07, 6.45) is -0.529. The van der Waals surface area contributed by atoms with Gasteiger partial charge in [-0.1, -0.05) is 0 Å². The van der Waals surface area contributed by atoms with E-state index in [1.165, 1.54) is 4.68 Å². The molecule has 138 valence electrons. The summed E-state index contributed by atoms with van der Waals surface area (Å²) in [5.41, 5.74) is -0.656. The summed E-state index contributed by atoms with van der Waals surface area (Å²) in [7, 11) is 0. The number of hydrogen-bond donors (Lipinski definition) is 2. The van der Waals surface area contributed by atoms with Crippen molar-refractivity contribution in [3.05, 3.63) is 23.7 Å². The van der Waals surface area contributed by atoms with Gasteiger partial charge >= 0.3 is 6.18 Å². The van der Waals surface area contributed by atoms with Crippen molar-refractivity contribution in [1.82, 2.24) is 19.7 Å². The highest BCUT2D eigenvalue weighted by Crippen LogP contribution is 2.36. The average Bonchev–Trinajstić information content (AvgIpc) is 3.28.